The third kappa shape index (κ3) is 6.00. The van der Waals surface area contributed by atoms with Crippen molar-refractivity contribution in [1.82, 2.24) is 15.6 Å². The summed E-state index contributed by atoms with van der Waals surface area (Å²) in [5.41, 5.74) is 2.40. The number of fused-ring (bicyclic) bond motifs is 1. The lowest BCUT2D eigenvalue weighted by Crippen LogP contribution is -2.62. The van der Waals surface area contributed by atoms with Crippen LogP contribution in [0.4, 0.5) is 0 Å². The van der Waals surface area contributed by atoms with Gasteiger partial charge in [-0.1, -0.05) is 48.5 Å². The number of aromatic nitrogens is 1. The normalized spacial score (nSPS) is 18.0. The van der Waals surface area contributed by atoms with Crippen LogP contribution in [-0.4, -0.2) is 69.2 Å². The minimum absolute atomic E-state index is 0.0180. The minimum atomic E-state index is -1.35. The van der Waals surface area contributed by atoms with Crippen molar-refractivity contribution in [1.29, 1.82) is 0 Å². The van der Waals surface area contributed by atoms with Crippen LogP contribution in [0.3, 0.4) is 0 Å². The number of carboxylic acids is 1. The molecule has 228 valence electrons. The summed E-state index contributed by atoms with van der Waals surface area (Å²) in [5.74, 6) is -4.30. The Kier molecular flexibility index (Phi) is 8.68. The number of carbonyl (C=O) groups is 4. The van der Waals surface area contributed by atoms with Gasteiger partial charge in [-0.15, -0.1) is 0 Å². The Bertz CT molecular complexity index is 1730. The summed E-state index contributed by atoms with van der Waals surface area (Å²) in [6.07, 6.45) is -1.25. The molecule has 2 amide bonds. The highest BCUT2D eigenvalue weighted by Gasteiger charge is 2.37. The number of hydrogen-bond acceptors (Lipinski definition) is 7. The van der Waals surface area contributed by atoms with E-state index >= 15 is 0 Å². The summed E-state index contributed by atoms with van der Waals surface area (Å²) in [4.78, 5) is 54.1. The largest absolute Gasteiger partial charge is 0.508 e. The zero-order chi connectivity index (χ0) is 31.5. The lowest BCUT2D eigenvalue weighted by atomic mass is 9.84. The second kappa shape index (κ2) is 12.6. The van der Waals surface area contributed by atoms with E-state index in [-0.39, 0.29) is 41.5 Å². The molecule has 1 fully saturated rings. The molecule has 0 spiro atoms. The van der Waals surface area contributed by atoms with Crippen LogP contribution in [0.2, 0.25) is 0 Å². The van der Waals surface area contributed by atoms with Gasteiger partial charge in [0.15, 0.2) is 11.9 Å². The first kappa shape index (κ1) is 30.3. The number of carbonyl (C=O) groups excluding carboxylic acids is 3. The summed E-state index contributed by atoms with van der Waals surface area (Å²) in [6.45, 7) is 1.27. The van der Waals surface area contributed by atoms with Gasteiger partial charge in [0, 0.05) is 48.0 Å². The molecule has 1 aliphatic rings. The number of phenols is 2. The predicted octanol–water partition coefficient (Wildman–Crippen LogP) is 3.17. The number of aromatic amines is 1. The fraction of sp³-hybridized carbons (Fsp3) is 0.273. The maximum Gasteiger partial charge on any atom is 0.332 e. The van der Waals surface area contributed by atoms with E-state index < -0.39 is 41.6 Å². The van der Waals surface area contributed by atoms with Crippen molar-refractivity contribution in [3.8, 4) is 11.5 Å². The molecule has 11 nitrogen and oxygen atoms in total. The number of methoxy groups -OCH3 is 1. The van der Waals surface area contributed by atoms with Crippen LogP contribution < -0.4 is 10.6 Å². The van der Waals surface area contributed by atoms with Crippen molar-refractivity contribution >= 4 is 34.5 Å². The molecular formula is C33H33N3O8. The molecule has 0 aliphatic carbocycles. The van der Waals surface area contributed by atoms with Crippen molar-refractivity contribution in [2.45, 2.75) is 50.3 Å². The number of ketones is 1. The number of rotatable bonds is 11. The number of ether oxygens (including phenoxy) is 1. The van der Waals surface area contributed by atoms with Crippen molar-refractivity contribution in [2.75, 3.05) is 7.11 Å². The van der Waals surface area contributed by atoms with Crippen LogP contribution in [0.25, 0.3) is 10.9 Å². The Morgan fingerprint density at radius 1 is 0.886 bits per heavy atom. The molecule has 1 saturated heterocycles. The first-order valence-electron chi connectivity index (χ1n) is 14.1. The molecule has 5 rings (SSSR count). The Morgan fingerprint density at radius 2 is 1.52 bits per heavy atom. The van der Waals surface area contributed by atoms with Gasteiger partial charge in [0.25, 0.3) is 0 Å². The minimum Gasteiger partial charge on any atom is -0.508 e. The number of para-hydroxylation sites is 1. The number of amides is 2. The van der Waals surface area contributed by atoms with E-state index in [4.69, 9.17) is 4.74 Å². The van der Waals surface area contributed by atoms with Gasteiger partial charge < -0.3 is 35.7 Å². The third-order valence-electron chi connectivity index (χ3n) is 8.08. The quantitative estimate of drug-likeness (QED) is 0.142. The first-order chi connectivity index (χ1) is 21.1. The van der Waals surface area contributed by atoms with Gasteiger partial charge in [-0.3, -0.25) is 14.4 Å². The maximum atomic E-state index is 13.3. The maximum absolute atomic E-state index is 13.3. The van der Waals surface area contributed by atoms with E-state index in [0.29, 0.717) is 28.6 Å². The second-order valence-corrected chi connectivity index (χ2v) is 10.9. The van der Waals surface area contributed by atoms with Gasteiger partial charge in [0.1, 0.15) is 23.6 Å². The van der Waals surface area contributed by atoms with Crippen molar-refractivity contribution in [3.05, 3.63) is 94.7 Å². The smallest absolute Gasteiger partial charge is 0.332 e. The van der Waals surface area contributed by atoms with Crippen molar-refractivity contribution in [3.63, 3.8) is 0 Å². The first-order valence-corrected chi connectivity index (χ1v) is 14.1. The SMILES string of the molecule is CO[C@H](C[C@@H](c1[nH]c2ccccc2c1C[C@@H]1NC(=O)[C@@H](Cc2ccccc2)NC1=O)c1c(O)ccc(C(C)=O)c1O)C(=O)O. The molecule has 2 heterocycles. The number of benzene rings is 3. The van der Waals surface area contributed by atoms with Gasteiger partial charge in [-0.05, 0) is 42.7 Å². The molecule has 1 aromatic heterocycles. The molecule has 0 radical (unpaired) electrons. The topological polar surface area (TPSA) is 178 Å². The zero-order valence-corrected chi connectivity index (χ0v) is 24.2. The molecule has 0 bridgehead atoms. The molecule has 44 heavy (non-hydrogen) atoms. The van der Waals surface area contributed by atoms with E-state index in [1.165, 1.54) is 26.2 Å². The van der Waals surface area contributed by atoms with Gasteiger partial charge in [-0.25, -0.2) is 4.79 Å². The lowest BCUT2D eigenvalue weighted by Gasteiger charge is -2.30. The van der Waals surface area contributed by atoms with E-state index in [0.717, 1.165) is 5.56 Å². The number of phenolic OH excluding ortho intramolecular Hbond substituents is 2. The second-order valence-electron chi connectivity index (χ2n) is 10.9. The molecular weight excluding hydrogens is 566 g/mol. The Morgan fingerprint density at radius 3 is 2.16 bits per heavy atom. The van der Waals surface area contributed by atoms with Crippen LogP contribution in [0.5, 0.6) is 11.5 Å². The number of H-pyrrole nitrogens is 1. The summed E-state index contributed by atoms with van der Waals surface area (Å²) in [7, 11) is 1.24. The predicted molar refractivity (Wildman–Crippen MR) is 161 cm³/mol. The fourth-order valence-corrected chi connectivity index (χ4v) is 5.87. The summed E-state index contributed by atoms with van der Waals surface area (Å²) in [5, 5.41) is 38.4. The third-order valence-corrected chi connectivity index (χ3v) is 8.08. The molecule has 6 N–H and O–H groups in total. The Labute approximate surface area is 252 Å². The van der Waals surface area contributed by atoms with Crippen molar-refractivity contribution in [2.24, 2.45) is 0 Å². The molecule has 4 atom stereocenters. The number of hydrogen-bond donors (Lipinski definition) is 6. The standard InChI is InChI=1S/C33H33N3O8/c1-17(37)19-12-13-26(38)28(30(19)39)22(16-27(44-2)33(42)43)29-21(20-10-6-7-11-23(20)34-29)15-25-32(41)35-24(31(40)36-25)14-18-8-4-3-5-9-18/h3-13,22,24-25,27,34,38-39H,14-16H2,1-2H3,(H,35,41)(H,36,40)(H,42,43)/t22-,24-,25+,27-/m1/s1. The van der Waals surface area contributed by atoms with E-state index in [1.54, 1.807) is 18.2 Å². The molecule has 11 heteroatoms. The van der Waals surface area contributed by atoms with Gasteiger partial charge in [-0.2, -0.15) is 0 Å². The molecule has 0 unspecified atom stereocenters. The van der Waals surface area contributed by atoms with Crippen LogP contribution in [-0.2, 0) is 32.0 Å². The van der Waals surface area contributed by atoms with Crippen molar-refractivity contribution < 1.29 is 39.2 Å². The average molecular weight is 600 g/mol. The lowest BCUT2D eigenvalue weighted by molar-refractivity contribution is -0.149. The summed E-state index contributed by atoms with van der Waals surface area (Å²) >= 11 is 0. The fourth-order valence-electron chi connectivity index (χ4n) is 5.87. The highest BCUT2D eigenvalue weighted by molar-refractivity contribution is 5.99. The van der Waals surface area contributed by atoms with Crippen LogP contribution >= 0.6 is 0 Å². The van der Waals surface area contributed by atoms with Crippen LogP contribution in [0.15, 0.2) is 66.7 Å². The van der Waals surface area contributed by atoms with Gasteiger partial charge in [0.05, 0.1) is 5.56 Å². The Balaban J connectivity index is 1.58. The number of aliphatic carboxylic acids is 1. The molecule has 1 aliphatic heterocycles. The molecule has 4 aromatic rings. The monoisotopic (exact) mass is 599 g/mol. The van der Waals surface area contributed by atoms with E-state index in [1.807, 2.05) is 36.4 Å². The number of nitrogens with one attached hydrogen (secondary N) is 3. The van der Waals surface area contributed by atoms with E-state index in [9.17, 15) is 34.5 Å². The number of carboxylic acid groups (broad SMARTS) is 1. The highest BCUT2D eigenvalue weighted by Crippen LogP contribution is 2.45. The number of aromatic hydroxyl groups is 2. The van der Waals surface area contributed by atoms with E-state index in [2.05, 4.69) is 15.6 Å². The average Bonchev–Trinajstić information content (AvgIpc) is 3.35. The van der Waals surface area contributed by atoms with Gasteiger partial charge >= 0.3 is 5.97 Å². The number of Topliss-reactive ketones (excluding diaryl/α,β-unsaturated/α-hetero) is 1. The Hall–Kier alpha value is -5.16. The van der Waals surface area contributed by atoms with Crippen LogP contribution in [0, 0.1) is 0 Å². The van der Waals surface area contributed by atoms with Gasteiger partial charge in [0.2, 0.25) is 11.8 Å². The molecule has 3 aromatic carbocycles. The summed E-state index contributed by atoms with van der Waals surface area (Å²) < 4.78 is 5.23. The highest BCUT2D eigenvalue weighted by atomic mass is 16.5. The summed E-state index contributed by atoms with van der Waals surface area (Å²) in [6, 6.07) is 17.4. The zero-order valence-electron chi connectivity index (χ0n) is 24.2. The molecule has 0 saturated carbocycles. The number of piperazine rings is 1. The van der Waals surface area contributed by atoms with Crippen LogP contribution in [0.1, 0.15) is 52.0 Å².